The summed E-state index contributed by atoms with van der Waals surface area (Å²) in [6, 6.07) is 10.2. The lowest BCUT2D eigenvalue weighted by molar-refractivity contribution is -0.119. The van der Waals surface area contributed by atoms with Gasteiger partial charge in [-0.05, 0) is 42.6 Å². The summed E-state index contributed by atoms with van der Waals surface area (Å²) in [6.07, 6.45) is 1.04. The number of ether oxygens (including phenoxy) is 1. The van der Waals surface area contributed by atoms with E-state index < -0.39 is 15.9 Å². The highest BCUT2D eigenvalue weighted by Gasteiger charge is 2.21. The van der Waals surface area contributed by atoms with E-state index in [4.69, 9.17) is 9.26 Å². The van der Waals surface area contributed by atoms with Gasteiger partial charge in [-0.15, -0.1) is 11.3 Å². The lowest BCUT2D eigenvalue weighted by atomic mass is 10.3. The van der Waals surface area contributed by atoms with E-state index in [0.717, 1.165) is 15.4 Å². The second-order valence-corrected chi connectivity index (χ2v) is 8.82. The Hall–Kier alpha value is -2.92. The number of benzene rings is 1. The van der Waals surface area contributed by atoms with Gasteiger partial charge in [-0.3, -0.25) is 9.10 Å². The molecule has 9 nitrogen and oxygen atoms in total. The molecule has 0 fully saturated rings. The van der Waals surface area contributed by atoms with Crippen LogP contribution in [-0.2, 0) is 21.4 Å². The maximum absolute atomic E-state index is 12.3. The van der Waals surface area contributed by atoms with Crippen molar-refractivity contribution in [3.63, 3.8) is 0 Å². The van der Waals surface area contributed by atoms with Gasteiger partial charge in [0.15, 0.2) is 0 Å². The van der Waals surface area contributed by atoms with Crippen LogP contribution in [0.15, 0.2) is 46.3 Å². The first-order chi connectivity index (χ1) is 13.9. The highest BCUT2D eigenvalue weighted by molar-refractivity contribution is 7.92. The molecule has 0 aliphatic rings. The summed E-state index contributed by atoms with van der Waals surface area (Å²) < 4.78 is 35.8. The molecule has 154 valence electrons. The van der Waals surface area contributed by atoms with Gasteiger partial charge in [0.1, 0.15) is 12.3 Å². The van der Waals surface area contributed by atoms with E-state index in [9.17, 15) is 13.2 Å². The average molecular weight is 437 g/mol. The van der Waals surface area contributed by atoms with Crippen molar-refractivity contribution in [1.82, 2.24) is 15.5 Å². The van der Waals surface area contributed by atoms with Crippen molar-refractivity contribution in [2.45, 2.75) is 13.5 Å². The minimum absolute atomic E-state index is 0.00190. The van der Waals surface area contributed by atoms with Crippen molar-refractivity contribution in [1.29, 1.82) is 0 Å². The molecule has 0 aliphatic carbocycles. The van der Waals surface area contributed by atoms with Gasteiger partial charge in [0, 0.05) is 0 Å². The number of rotatable bonds is 9. The van der Waals surface area contributed by atoms with Crippen molar-refractivity contribution < 1.29 is 22.5 Å². The summed E-state index contributed by atoms with van der Waals surface area (Å²) in [5, 5.41) is 8.36. The first-order valence-corrected chi connectivity index (χ1v) is 11.4. The van der Waals surface area contributed by atoms with Gasteiger partial charge >= 0.3 is 0 Å². The molecule has 1 amide bonds. The predicted molar refractivity (Wildman–Crippen MR) is 109 cm³/mol. The minimum Gasteiger partial charge on any atom is -0.494 e. The van der Waals surface area contributed by atoms with Gasteiger partial charge in [0.05, 0.1) is 30.0 Å². The van der Waals surface area contributed by atoms with E-state index in [-0.39, 0.29) is 19.0 Å². The van der Waals surface area contributed by atoms with Crippen LogP contribution >= 0.6 is 11.3 Å². The molecular weight excluding hydrogens is 416 g/mol. The maximum Gasteiger partial charge on any atom is 0.246 e. The quantitative estimate of drug-likeness (QED) is 0.547. The molecule has 3 aromatic rings. The monoisotopic (exact) mass is 436 g/mol. The van der Waals surface area contributed by atoms with Gasteiger partial charge in [0.25, 0.3) is 0 Å². The predicted octanol–water partition coefficient (Wildman–Crippen LogP) is 2.28. The van der Waals surface area contributed by atoms with Gasteiger partial charge in [-0.1, -0.05) is 11.2 Å². The topological polar surface area (TPSA) is 115 Å². The number of nitrogens with zero attached hydrogens (tertiary/aromatic N) is 3. The molecule has 0 saturated carbocycles. The molecule has 0 unspecified atom stereocenters. The molecule has 2 heterocycles. The molecular formula is C18H20N4O5S2. The second kappa shape index (κ2) is 9.05. The Bertz CT molecular complexity index is 1050. The fourth-order valence-electron chi connectivity index (χ4n) is 2.47. The summed E-state index contributed by atoms with van der Waals surface area (Å²) in [5.41, 5.74) is 0.365. The molecule has 0 atom stereocenters. The zero-order valence-corrected chi connectivity index (χ0v) is 17.5. The van der Waals surface area contributed by atoms with Crippen LogP contribution in [0.4, 0.5) is 5.69 Å². The Morgan fingerprint density at radius 1 is 1.28 bits per heavy atom. The Morgan fingerprint density at radius 3 is 2.66 bits per heavy atom. The molecule has 2 aromatic heterocycles. The van der Waals surface area contributed by atoms with E-state index in [0.29, 0.717) is 23.9 Å². The third kappa shape index (κ3) is 5.55. The summed E-state index contributed by atoms with van der Waals surface area (Å²) in [5.74, 6) is 0.789. The van der Waals surface area contributed by atoms with Crippen molar-refractivity contribution in [3.8, 4) is 16.5 Å². The zero-order chi connectivity index (χ0) is 20.9. The van der Waals surface area contributed by atoms with Crippen LogP contribution in [-0.4, -0.2) is 43.9 Å². The van der Waals surface area contributed by atoms with Gasteiger partial charge in [-0.25, -0.2) is 8.42 Å². The summed E-state index contributed by atoms with van der Waals surface area (Å²) >= 11 is 1.47. The number of nitrogens with one attached hydrogen (secondary N) is 1. The van der Waals surface area contributed by atoms with Crippen molar-refractivity contribution >= 4 is 33.0 Å². The SMILES string of the molecule is CCOc1ccc(N(CC(=O)NCc2nc(-c3cccs3)no2)S(C)(=O)=O)cc1. The maximum atomic E-state index is 12.3. The number of hydrogen-bond acceptors (Lipinski definition) is 8. The molecule has 11 heteroatoms. The highest BCUT2D eigenvalue weighted by Crippen LogP contribution is 2.22. The van der Waals surface area contributed by atoms with Crippen molar-refractivity contribution in [3.05, 3.63) is 47.7 Å². The van der Waals surface area contributed by atoms with Crippen molar-refractivity contribution in [2.24, 2.45) is 0 Å². The Morgan fingerprint density at radius 2 is 2.03 bits per heavy atom. The number of carbonyl (C=O) groups excluding carboxylic acids is 1. The Kier molecular flexibility index (Phi) is 6.49. The Balaban J connectivity index is 1.63. The number of anilines is 1. The summed E-state index contributed by atoms with van der Waals surface area (Å²) in [7, 11) is -3.66. The van der Waals surface area contributed by atoms with Gasteiger partial charge in [-0.2, -0.15) is 4.98 Å². The van der Waals surface area contributed by atoms with E-state index in [2.05, 4.69) is 15.5 Å². The van der Waals surface area contributed by atoms with Crippen LogP contribution in [0, 0.1) is 0 Å². The smallest absolute Gasteiger partial charge is 0.246 e. The Labute approximate surface area is 172 Å². The number of thiophene rings is 1. The van der Waals surface area contributed by atoms with Crippen LogP contribution in [0.1, 0.15) is 12.8 Å². The largest absolute Gasteiger partial charge is 0.494 e. The van der Waals surface area contributed by atoms with Gasteiger partial charge in [0.2, 0.25) is 27.6 Å². The van der Waals surface area contributed by atoms with Crippen LogP contribution in [0.2, 0.25) is 0 Å². The first kappa shape index (κ1) is 20.8. The zero-order valence-electron chi connectivity index (χ0n) is 15.9. The molecule has 3 rings (SSSR count). The molecule has 0 saturated heterocycles. The molecule has 0 radical (unpaired) electrons. The average Bonchev–Trinajstić information content (AvgIpc) is 3.36. The van der Waals surface area contributed by atoms with E-state index >= 15 is 0 Å². The number of hydrogen-bond donors (Lipinski definition) is 1. The fourth-order valence-corrected chi connectivity index (χ4v) is 3.97. The van der Waals surface area contributed by atoms with E-state index in [1.54, 1.807) is 24.3 Å². The van der Waals surface area contributed by atoms with Crippen molar-refractivity contribution in [2.75, 3.05) is 23.7 Å². The lowest BCUT2D eigenvalue weighted by Crippen LogP contribution is -2.40. The highest BCUT2D eigenvalue weighted by atomic mass is 32.2. The van der Waals surface area contributed by atoms with Crippen LogP contribution in [0.25, 0.3) is 10.7 Å². The summed E-state index contributed by atoms with van der Waals surface area (Å²) in [6.45, 7) is 1.98. The first-order valence-electron chi connectivity index (χ1n) is 8.70. The third-order valence-electron chi connectivity index (χ3n) is 3.77. The molecule has 1 N–H and O–H groups in total. The molecule has 0 bridgehead atoms. The van der Waals surface area contributed by atoms with Crippen LogP contribution in [0.5, 0.6) is 5.75 Å². The number of aromatic nitrogens is 2. The van der Waals surface area contributed by atoms with Crippen LogP contribution in [0.3, 0.4) is 0 Å². The third-order valence-corrected chi connectivity index (χ3v) is 5.78. The second-order valence-electron chi connectivity index (χ2n) is 5.96. The lowest BCUT2D eigenvalue weighted by Gasteiger charge is -2.22. The number of carbonyl (C=O) groups is 1. The summed E-state index contributed by atoms with van der Waals surface area (Å²) in [4.78, 5) is 17.4. The molecule has 1 aromatic carbocycles. The normalized spacial score (nSPS) is 11.2. The fraction of sp³-hybridized carbons (Fsp3) is 0.278. The van der Waals surface area contributed by atoms with E-state index in [1.165, 1.54) is 11.3 Å². The van der Waals surface area contributed by atoms with Crippen LogP contribution < -0.4 is 14.4 Å². The molecule has 29 heavy (non-hydrogen) atoms. The molecule has 0 spiro atoms. The minimum atomic E-state index is -3.66. The standard InChI is InChI=1S/C18H20N4O5S2/c1-3-26-14-8-6-13(7-9-14)22(29(2,24)25)12-16(23)19-11-17-20-18(21-27-17)15-5-4-10-28-15/h4-10H,3,11-12H2,1-2H3,(H,19,23). The number of amides is 1. The van der Waals surface area contributed by atoms with E-state index in [1.807, 2.05) is 24.4 Å². The molecule has 0 aliphatic heterocycles. The number of sulfonamides is 1. The van der Waals surface area contributed by atoms with Gasteiger partial charge < -0.3 is 14.6 Å².